The summed E-state index contributed by atoms with van der Waals surface area (Å²) in [6.07, 6.45) is -4.90. The van der Waals surface area contributed by atoms with Gasteiger partial charge in [0.2, 0.25) is 0 Å². The number of aliphatic hydroxyl groups is 1. The molecule has 2 N–H and O–H groups in total. The summed E-state index contributed by atoms with van der Waals surface area (Å²) in [5, 5.41) is 11.9. The number of aliphatic hydroxyl groups excluding tert-OH is 1. The van der Waals surface area contributed by atoms with E-state index in [2.05, 4.69) is 5.32 Å². The van der Waals surface area contributed by atoms with Gasteiger partial charge in [0.05, 0.1) is 5.56 Å². The number of halogens is 7. The van der Waals surface area contributed by atoms with E-state index in [9.17, 15) is 26.3 Å². The van der Waals surface area contributed by atoms with Gasteiger partial charge in [-0.25, -0.2) is 13.2 Å². The highest BCUT2D eigenvalue weighted by Gasteiger charge is 2.48. The maximum atomic E-state index is 14.2. The number of benzene rings is 1. The summed E-state index contributed by atoms with van der Waals surface area (Å²) < 4.78 is 81.2. The highest BCUT2D eigenvalue weighted by Crippen LogP contribution is 2.43. The summed E-state index contributed by atoms with van der Waals surface area (Å²) in [6.45, 7) is -0.874. The van der Waals surface area contributed by atoms with Crippen LogP contribution in [0.15, 0.2) is 18.2 Å². The van der Waals surface area contributed by atoms with E-state index in [1.807, 2.05) is 0 Å². The van der Waals surface area contributed by atoms with Crippen molar-refractivity contribution >= 4 is 12.4 Å². The van der Waals surface area contributed by atoms with Gasteiger partial charge in [0.15, 0.2) is 0 Å². The van der Waals surface area contributed by atoms with E-state index in [0.29, 0.717) is 31.3 Å². The van der Waals surface area contributed by atoms with Crippen molar-refractivity contribution in [3.8, 4) is 0 Å². The highest BCUT2D eigenvalue weighted by atomic mass is 35.5. The van der Waals surface area contributed by atoms with E-state index < -0.39 is 41.7 Å². The van der Waals surface area contributed by atoms with Gasteiger partial charge in [-0.1, -0.05) is 0 Å². The van der Waals surface area contributed by atoms with Crippen LogP contribution in [0, 0.1) is 5.82 Å². The van der Waals surface area contributed by atoms with Crippen molar-refractivity contribution in [2.45, 2.75) is 18.1 Å². The molecule has 0 amide bonds. The Labute approximate surface area is 141 Å². The summed E-state index contributed by atoms with van der Waals surface area (Å²) >= 11 is 0. The smallest absolute Gasteiger partial charge is 0.390 e. The number of hydrogen-bond acceptors (Lipinski definition) is 3. The number of alkyl halides is 5. The first-order chi connectivity index (χ1) is 10.7. The van der Waals surface area contributed by atoms with Gasteiger partial charge in [-0.15, -0.1) is 12.4 Å². The van der Waals surface area contributed by atoms with Crippen LogP contribution in [0.2, 0.25) is 0 Å². The maximum absolute atomic E-state index is 14.2. The zero-order valence-corrected chi connectivity index (χ0v) is 13.2. The van der Waals surface area contributed by atoms with Crippen LogP contribution in [-0.2, 0) is 6.18 Å². The number of rotatable bonds is 4. The molecule has 3 nitrogen and oxygen atoms in total. The molecule has 10 heteroatoms. The molecular formula is C14H17ClF6N2O. The van der Waals surface area contributed by atoms with Crippen LogP contribution in [0.1, 0.15) is 17.2 Å². The second kappa shape index (κ2) is 7.90. The second-order valence-corrected chi connectivity index (χ2v) is 5.34. The van der Waals surface area contributed by atoms with Gasteiger partial charge in [-0.3, -0.25) is 4.90 Å². The Kier molecular flexibility index (Phi) is 6.92. The number of hydrogen-bond donors (Lipinski definition) is 2. The lowest BCUT2D eigenvalue weighted by Gasteiger charge is -2.39. The molecule has 0 saturated carbocycles. The fourth-order valence-electron chi connectivity index (χ4n) is 2.74. The van der Waals surface area contributed by atoms with Crippen molar-refractivity contribution in [2.24, 2.45) is 0 Å². The first-order valence-electron chi connectivity index (χ1n) is 6.97. The van der Waals surface area contributed by atoms with Gasteiger partial charge in [-0.2, -0.15) is 13.2 Å². The molecule has 1 fully saturated rings. The fourth-order valence-corrected chi connectivity index (χ4v) is 2.74. The fraction of sp³-hybridized carbons (Fsp3) is 0.571. The molecule has 0 unspecified atom stereocenters. The third-order valence-electron chi connectivity index (χ3n) is 3.74. The lowest BCUT2D eigenvalue weighted by Crippen LogP contribution is -2.51. The third-order valence-corrected chi connectivity index (χ3v) is 3.74. The van der Waals surface area contributed by atoms with Crippen LogP contribution >= 0.6 is 12.4 Å². The third kappa shape index (κ3) is 4.53. The summed E-state index contributed by atoms with van der Waals surface area (Å²) in [5.41, 5.74) is -2.19. The SMILES string of the molecule is Cl.OCC(F)(F)[C@H](c1cc(F)ccc1C(F)(F)F)N1CCNCC1. The Bertz CT molecular complexity index is 549. The number of nitrogens with zero attached hydrogens (tertiary/aromatic N) is 1. The normalized spacial score (nSPS) is 18.1. The first kappa shape index (κ1) is 21.0. The van der Waals surface area contributed by atoms with E-state index in [1.54, 1.807) is 0 Å². The van der Waals surface area contributed by atoms with E-state index in [-0.39, 0.29) is 25.5 Å². The van der Waals surface area contributed by atoms with E-state index in [0.717, 1.165) is 4.90 Å². The molecule has 1 aromatic carbocycles. The van der Waals surface area contributed by atoms with Crippen molar-refractivity contribution in [2.75, 3.05) is 32.8 Å². The van der Waals surface area contributed by atoms with Crippen LogP contribution in [0.25, 0.3) is 0 Å². The molecule has 0 radical (unpaired) electrons. The molecule has 24 heavy (non-hydrogen) atoms. The molecule has 2 rings (SSSR count). The monoisotopic (exact) mass is 378 g/mol. The molecule has 1 atom stereocenters. The second-order valence-electron chi connectivity index (χ2n) is 5.34. The molecule has 1 aliphatic heterocycles. The minimum absolute atomic E-state index is 0. The average Bonchev–Trinajstić information content (AvgIpc) is 2.47. The van der Waals surface area contributed by atoms with Gasteiger partial charge >= 0.3 is 6.18 Å². The molecule has 0 bridgehead atoms. The summed E-state index contributed by atoms with van der Waals surface area (Å²) in [5.74, 6) is -4.88. The lowest BCUT2D eigenvalue weighted by atomic mass is 9.93. The van der Waals surface area contributed by atoms with Crippen molar-refractivity contribution < 1.29 is 31.4 Å². The minimum atomic E-state index is -4.90. The summed E-state index contributed by atoms with van der Waals surface area (Å²) in [7, 11) is 0. The van der Waals surface area contributed by atoms with Gasteiger partial charge in [-0.05, 0) is 23.8 Å². The molecule has 138 valence electrons. The predicted molar refractivity (Wildman–Crippen MR) is 77.9 cm³/mol. The number of piperazine rings is 1. The molecule has 0 aliphatic carbocycles. The molecule has 1 heterocycles. The Hall–Kier alpha value is -1.03. The van der Waals surface area contributed by atoms with Gasteiger partial charge < -0.3 is 10.4 Å². The van der Waals surface area contributed by atoms with Crippen LogP contribution in [-0.4, -0.2) is 48.7 Å². The van der Waals surface area contributed by atoms with Crippen LogP contribution in [0.5, 0.6) is 0 Å². The van der Waals surface area contributed by atoms with E-state index in [1.165, 1.54) is 0 Å². The van der Waals surface area contributed by atoms with Gasteiger partial charge in [0.1, 0.15) is 18.5 Å². The van der Waals surface area contributed by atoms with Crippen molar-refractivity contribution in [1.29, 1.82) is 0 Å². The van der Waals surface area contributed by atoms with Crippen molar-refractivity contribution in [3.63, 3.8) is 0 Å². The summed E-state index contributed by atoms with van der Waals surface area (Å²) in [4.78, 5) is 1.14. The molecule has 0 aromatic heterocycles. The average molecular weight is 379 g/mol. The maximum Gasteiger partial charge on any atom is 0.416 e. The van der Waals surface area contributed by atoms with E-state index >= 15 is 0 Å². The zero-order chi connectivity index (χ0) is 17.3. The molecule has 1 saturated heterocycles. The topological polar surface area (TPSA) is 35.5 Å². The Balaban J connectivity index is 0.00000288. The van der Waals surface area contributed by atoms with Crippen LogP contribution in [0.4, 0.5) is 26.3 Å². The predicted octanol–water partition coefficient (Wildman–Crippen LogP) is 2.84. The molecule has 0 spiro atoms. The largest absolute Gasteiger partial charge is 0.416 e. The first-order valence-corrected chi connectivity index (χ1v) is 6.97. The lowest BCUT2D eigenvalue weighted by molar-refractivity contribution is -0.145. The summed E-state index contributed by atoms with van der Waals surface area (Å²) in [6, 6.07) is -0.549. The zero-order valence-electron chi connectivity index (χ0n) is 12.4. The van der Waals surface area contributed by atoms with Gasteiger partial charge in [0, 0.05) is 26.2 Å². The Morgan fingerprint density at radius 1 is 1.12 bits per heavy atom. The standard InChI is InChI=1S/C14H16F6N2O.ClH/c15-9-1-2-11(14(18,19)20)10(7-9)12(13(16,17)8-23)22-5-3-21-4-6-22;/h1-2,7,12,21,23H,3-6,8H2;1H/t12-;/m0./s1. The molecular weight excluding hydrogens is 362 g/mol. The molecule has 1 aliphatic rings. The van der Waals surface area contributed by atoms with E-state index in [4.69, 9.17) is 5.11 Å². The number of nitrogens with one attached hydrogen (secondary N) is 1. The Morgan fingerprint density at radius 2 is 1.71 bits per heavy atom. The van der Waals surface area contributed by atoms with Crippen LogP contribution < -0.4 is 5.32 Å². The highest BCUT2D eigenvalue weighted by molar-refractivity contribution is 5.85. The Morgan fingerprint density at radius 3 is 2.21 bits per heavy atom. The van der Waals surface area contributed by atoms with Gasteiger partial charge in [0.25, 0.3) is 5.92 Å². The van der Waals surface area contributed by atoms with Crippen LogP contribution in [0.3, 0.4) is 0 Å². The van der Waals surface area contributed by atoms with Crippen molar-refractivity contribution in [1.82, 2.24) is 10.2 Å². The molecule has 1 aromatic rings. The minimum Gasteiger partial charge on any atom is -0.390 e. The van der Waals surface area contributed by atoms with Crippen molar-refractivity contribution in [3.05, 3.63) is 35.1 Å². The quantitative estimate of drug-likeness (QED) is 0.791.